The van der Waals surface area contributed by atoms with Gasteiger partial charge < -0.3 is 15.3 Å². The van der Waals surface area contributed by atoms with Crippen LogP contribution in [0.3, 0.4) is 0 Å². The summed E-state index contributed by atoms with van der Waals surface area (Å²) in [4.78, 5) is 27.1. The van der Waals surface area contributed by atoms with Gasteiger partial charge >= 0.3 is 0 Å². The highest BCUT2D eigenvalue weighted by atomic mass is 32.1. The molecule has 0 spiro atoms. The Labute approximate surface area is 157 Å². The van der Waals surface area contributed by atoms with Crippen molar-refractivity contribution in [3.8, 4) is 0 Å². The molecule has 1 saturated heterocycles. The summed E-state index contributed by atoms with van der Waals surface area (Å²) in [5.41, 5.74) is 0.925. The molecule has 5 nitrogen and oxygen atoms in total. The number of nitrogens with zero attached hydrogens (tertiary/aromatic N) is 1. The Hall–Kier alpha value is -2.18. The normalized spacial score (nSPS) is 17.5. The SMILES string of the molecule is CC(NC(=O)c1cccs1)C(=O)N1CCC(C(O)c2ccccc2)CC1. The Morgan fingerprint density at radius 1 is 1.15 bits per heavy atom. The molecule has 2 heterocycles. The van der Waals surface area contributed by atoms with E-state index in [-0.39, 0.29) is 17.7 Å². The third-order valence-electron chi connectivity index (χ3n) is 4.90. The Bertz CT molecular complexity index is 725. The summed E-state index contributed by atoms with van der Waals surface area (Å²) in [6.45, 7) is 2.93. The highest BCUT2D eigenvalue weighted by Crippen LogP contribution is 2.30. The van der Waals surface area contributed by atoms with Crippen LogP contribution >= 0.6 is 11.3 Å². The van der Waals surface area contributed by atoms with Crippen LogP contribution < -0.4 is 5.32 Å². The Balaban J connectivity index is 1.51. The lowest BCUT2D eigenvalue weighted by Crippen LogP contribution is -2.49. The van der Waals surface area contributed by atoms with Gasteiger partial charge in [0.1, 0.15) is 6.04 Å². The van der Waals surface area contributed by atoms with E-state index < -0.39 is 12.1 Å². The molecule has 0 radical (unpaired) electrons. The summed E-state index contributed by atoms with van der Waals surface area (Å²) in [5, 5.41) is 15.2. The monoisotopic (exact) mass is 372 g/mol. The van der Waals surface area contributed by atoms with Gasteiger partial charge in [-0.25, -0.2) is 0 Å². The zero-order valence-electron chi connectivity index (χ0n) is 14.8. The van der Waals surface area contributed by atoms with Gasteiger partial charge in [0, 0.05) is 13.1 Å². The Morgan fingerprint density at radius 2 is 1.85 bits per heavy atom. The Morgan fingerprint density at radius 3 is 2.46 bits per heavy atom. The van der Waals surface area contributed by atoms with E-state index in [0.29, 0.717) is 18.0 Å². The first kappa shape index (κ1) is 18.6. The average Bonchev–Trinajstić information content (AvgIpc) is 3.22. The summed E-state index contributed by atoms with van der Waals surface area (Å²) >= 11 is 1.36. The molecule has 1 aromatic heterocycles. The molecule has 0 saturated carbocycles. The molecule has 2 unspecified atom stereocenters. The topological polar surface area (TPSA) is 69.6 Å². The highest BCUT2D eigenvalue weighted by Gasteiger charge is 2.30. The van der Waals surface area contributed by atoms with E-state index in [9.17, 15) is 14.7 Å². The molecule has 26 heavy (non-hydrogen) atoms. The molecule has 6 heteroatoms. The number of aliphatic hydroxyl groups excluding tert-OH is 1. The lowest BCUT2D eigenvalue weighted by molar-refractivity contribution is -0.134. The average molecular weight is 372 g/mol. The van der Waals surface area contributed by atoms with Crippen molar-refractivity contribution in [3.05, 3.63) is 58.3 Å². The number of rotatable bonds is 5. The first-order valence-corrected chi connectivity index (χ1v) is 9.80. The minimum Gasteiger partial charge on any atom is -0.388 e. The number of thiophene rings is 1. The standard InChI is InChI=1S/C20H24N2O3S/c1-14(21-19(24)17-8-5-13-26-17)20(25)22-11-9-16(10-12-22)18(23)15-6-3-2-4-7-15/h2-8,13-14,16,18,23H,9-12H2,1H3,(H,21,24). The van der Waals surface area contributed by atoms with Crippen LogP contribution in [0.2, 0.25) is 0 Å². The second kappa shape index (κ2) is 8.47. The number of benzene rings is 1. The fourth-order valence-corrected chi connectivity index (χ4v) is 4.00. The van der Waals surface area contributed by atoms with Crippen molar-refractivity contribution in [3.63, 3.8) is 0 Å². The molecule has 138 valence electrons. The van der Waals surface area contributed by atoms with Crippen LogP contribution in [0.15, 0.2) is 47.8 Å². The van der Waals surface area contributed by atoms with Crippen LogP contribution in [0.25, 0.3) is 0 Å². The molecular formula is C20H24N2O3S. The molecule has 0 aliphatic carbocycles. The summed E-state index contributed by atoms with van der Waals surface area (Å²) < 4.78 is 0. The van der Waals surface area contributed by atoms with E-state index in [1.807, 2.05) is 41.8 Å². The van der Waals surface area contributed by atoms with Crippen molar-refractivity contribution in [2.45, 2.75) is 31.9 Å². The van der Waals surface area contributed by atoms with Crippen molar-refractivity contribution in [2.24, 2.45) is 5.92 Å². The number of likely N-dealkylation sites (tertiary alicyclic amines) is 1. The van der Waals surface area contributed by atoms with E-state index >= 15 is 0 Å². The second-order valence-electron chi connectivity index (χ2n) is 6.69. The molecule has 2 amide bonds. The number of hydrogen-bond acceptors (Lipinski definition) is 4. The molecule has 1 fully saturated rings. The van der Waals surface area contributed by atoms with Gasteiger partial charge in [-0.2, -0.15) is 0 Å². The van der Waals surface area contributed by atoms with Crippen LogP contribution in [0.1, 0.15) is 41.1 Å². The molecule has 1 aromatic carbocycles. The molecule has 0 bridgehead atoms. The van der Waals surface area contributed by atoms with Crippen molar-refractivity contribution >= 4 is 23.2 Å². The van der Waals surface area contributed by atoms with Crippen molar-refractivity contribution < 1.29 is 14.7 Å². The summed E-state index contributed by atoms with van der Waals surface area (Å²) in [7, 11) is 0. The quantitative estimate of drug-likeness (QED) is 0.848. The number of piperidine rings is 1. The lowest BCUT2D eigenvalue weighted by atomic mass is 9.87. The van der Waals surface area contributed by atoms with Crippen LogP contribution in [0.5, 0.6) is 0 Å². The first-order valence-electron chi connectivity index (χ1n) is 8.92. The number of carbonyl (C=O) groups excluding carboxylic acids is 2. The molecule has 2 N–H and O–H groups in total. The smallest absolute Gasteiger partial charge is 0.261 e. The molecular weight excluding hydrogens is 348 g/mol. The van der Waals surface area contributed by atoms with Gasteiger partial charge in [0.05, 0.1) is 11.0 Å². The third-order valence-corrected chi connectivity index (χ3v) is 5.77. The van der Waals surface area contributed by atoms with Crippen molar-refractivity contribution in [2.75, 3.05) is 13.1 Å². The van der Waals surface area contributed by atoms with E-state index in [1.54, 1.807) is 17.9 Å². The number of amides is 2. The lowest BCUT2D eigenvalue weighted by Gasteiger charge is -2.35. The van der Waals surface area contributed by atoms with Gasteiger partial charge in [-0.1, -0.05) is 36.4 Å². The van der Waals surface area contributed by atoms with Crippen LogP contribution in [0.4, 0.5) is 0 Å². The number of aliphatic hydroxyl groups is 1. The summed E-state index contributed by atoms with van der Waals surface area (Å²) in [5.74, 6) is -0.129. The molecule has 3 rings (SSSR count). The van der Waals surface area contributed by atoms with Gasteiger partial charge in [0.2, 0.25) is 5.91 Å². The predicted octanol–water partition coefficient (Wildman–Crippen LogP) is 2.84. The van der Waals surface area contributed by atoms with Gasteiger partial charge in [0.15, 0.2) is 0 Å². The minimum absolute atomic E-state index is 0.0671. The Kier molecular flexibility index (Phi) is 6.06. The van der Waals surface area contributed by atoms with Gasteiger partial charge in [0.25, 0.3) is 5.91 Å². The highest BCUT2D eigenvalue weighted by molar-refractivity contribution is 7.12. The fourth-order valence-electron chi connectivity index (χ4n) is 3.37. The van der Waals surface area contributed by atoms with Crippen LogP contribution in [-0.2, 0) is 4.79 Å². The molecule has 2 atom stereocenters. The van der Waals surface area contributed by atoms with Crippen LogP contribution in [0, 0.1) is 5.92 Å². The van der Waals surface area contributed by atoms with E-state index in [4.69, 9.17) is 0 Å². The van der Waals surface area contributed by atoms with Gasteiger partial charge in [-0.15, -0.1) is 11.3 Å². The van der Waals surface area contributed by atoms with Gasteiger partial charge in [-0.3, -0.25) is 9.59 Å². The minimum atomic E-state index is -0.555. The van der Waals surface area contributed by atoms with Crippen molar-refractivity contribution in [1.82, 2.24) is 10.2 Å². The third kappa shape index (κ3) is 4.31. The molecule has 2 aromatic rings. The van der Waals surface area contributed by atoms with Gasteiger partial charge in [-0.05, 0) is 42.7 Å². The number of hydrogen-bond donors (Lipinski definition) is 2. The number of nitrogens with one attached hydrogen (secondary N) is 1. The fraction of sp³-hybridized carbons (Fsp3) is 0.400. The predicted molar refractivity (Wildman–Crippen MR) is 102 cm³/mol. The maximum absolute atomic E-state index is 12.6. The van der Waals surface area contributed by atoms with E-state index in [0.717, 1.165) is 18.4 Å². The zero-order valence-corrected chi connectivity index (χ0v) is 15.6. The summed E-state index contributed by atoms with van der Waals surface area (Å²) in [6.07, 6.45) is 1.02. The second-order valence-corrected chi connectivity index (χ2v) is 7.64. The largest absolute Gasteiger partial charge is 0.388 e. The van der Waals surface area contributed by atoms with E-state index in [2.05, 4.69) is 5.32 Å². The summed E-state index contributed by atoms with van der Waals surface area (Å²) in [6, 6.07) is 12.7. The molecule has 1 aliphatic heterocycles. The van der Waals surface area contributed by atoms with Crippen molar-refractivity contribution in [1.29, 1.82) is 0 Å². The maximum atomic E-state index is 12.6. The first-order chi connectivity index (χ1) is 12.6. The number of carbonyl (C=O) groups is 2. The molecule has 1 aliphatic rings. The maximum Gasteiger partial charge on any atom is 0.261 e. The van der Waals surface area contributed by atoms with E-state index in [1.165, 1.54) is 11.3 Å². The van der Waals surface area contributed by atoms with Crippen LogP contribution in [-0.4, -0.2) is 41.0 Å². The zero-order chi connectivity index (χ0) is 18.5.